The molecule has 0 unspecified atom stereocenters. The van der Waals surface area contributed by atoms with E-state index < -0.39 is 0 Å². The predicted molar refractivity (Wildman–Crippen MR) is 61.5 cm³/mol. The molecule has 86 valence electrons. The van der Waals surface area contributed by atoms with Gasteiger partial charge in [-0.3, -0.25) is 10.1 Å². The van der Waals surface area contributed by atoms with Crippen molar-refractivity contribution in [1.82, 2.24) is 9.97 Å². The van der Waals surface area contributed by atoms with E-state index in [4.69, 9.17) is 4.74 Å². The summed E-state index contributed by atoms with van der Waals surface area (Å²) in [4.78, 5) is 18.7. The van der Waals surface area contributed by atoms with Crippen molar-refractivity contribution in [3.63, 3.8) is 0 Å². The molecule has 3 rings (SSSR count). The van der Waals surface area contributed by atoms with Crippen molar-refractivity contribution in [2.75, 3.05) is 5.32 Å². The summed E-state index contributed by atoms with van der Waals surface area (Å²) >= 11 is 0. The monoisotopic (exact) mass is 229 g/mol. The van der Waals surface area contributed by atoms with Crippen LogP contribution >= 0.6 is 0 Å². The fraction of sp³-hybridized carbons (Fsp3) is 0.167. The van der Waals surface area contributed by atoms with Gasteiger partial charge in [-0.1, -0.05) is 6.07 Å². The average Bonchev–Trinajstić information content (AvgIpc) is 2.97. The highest BCUT2D eigenvalue weighted by Gasteiger charge is 2.14. The molecule has 0 saturated carbocycles. The van der Waals surface area contributed by atoms with Gasteiger partial charge in [0.1, 0.15) is 0 Å². The number of nitrogens with one attached hydrogen (secondary N) is 2. The Morgan fingerprint density at radius 3 is 3.06 bits per heavy atom. The summed E-state index contributed by atoms with van der Waals surface area (Å²) in [5, 5.41) is 2.68. The van der Waals surface area contributed by atoms with E-state index >= 15 is 0 Å². The maximum atomic E-state index is 11.9. The third kappa shape index (κ3) is 1.92. The molecule has 0 aliphatic carbocycles. The largest absolute Gasteiger partial charge is 0.372 e. The Hall–Kier alpha value is -2.14. The first-order valence-electron chi connectivity index (χ1n) is 5.33. The first-order chi connectivity index (χ1) is 8.33. The number of rotatable bonds is 2. The zero-order valence-corrected chi connectivity index (χ0v) is 9.06. The van der Waals surface area contributed by atoms with Gasteiger partial charge >= 0.3 is 0 Å². The van der Waals surface area contributed by atoms with E-state index in [1.54, 1.807) is 18.5 Å². The third-order valence-corrected chi connectivity index (χ3v) is 2.71. The number of ether oxygens (including phenoxy) is 1. The number of aromatic amines is 1. The number of amides is 1. The topological polar surface area (TPSA) is 67.0 Å². The summed E-state index contributed by atoms with van der Waals surface area (Å²) in [5.74, 6) is 0.279. The third-order valence-electron chi connectivity index (χ3n) is 2.71. The van der Waals surface area contributed by atoms with Crippen LogP contribution in [-0.2, 0) is 18.0 Å². The first-order valence-corrected chi connectivity index (χ1v) is 5.33. The summed E-state index contributed by atoms with van der Waals surface area (Å²) < 4.78 is 5.31. The highest BCUT2D eigenvalue weighted by molar-refractivity contribution is 6.03. The van der Waals surface area contributed by atoms with Crippen LogP contribution < -0.4 is 5.32 Å². The molecule has 2 N–H and O–H groups in total. The van der Waals surface area contributed by atoms with Gasteiger partial charge < -0.3 is 9.72 Å². The number of carbonyl (C=O) groups excluding carboxylic acids is 1. The van der Waals surface area contributed by atoms with Crippen LogP contribution in [0.5, 0.6) is 0 Å². The first kappa shape index (κ1) is 10.0. The molecule has 0 fully saturated rings. The number of hydrogen-bond donors (Lipinski definition) is 2. The number of H-pyrrole nitrogens is 1. The van der Waals surface area contributed by atoms with Gasteiger partial charge in [-0.2, -0.15) is 0 Å². The van der Waals surface area contributed by atoms with E-state index in [2.05, 4.69) is 15.3 Å². The minimum Gasteiger partial charge on any atom is -0.372 e. The molecule has 0 saturated heterocycles. The van der Waals surface area contributed by atoms with Gasteiger partial charge in [-0.25, -0.2) is 4.98 Å². The second-order valence-electron chi connectivity index (χ2n) is 3.87. The molecule has 0 bridgehead atoms. The second kappa shape index (κ2) is 4.03. The lowest BCUT2D eigenvalue weighted by atomic mass is 10.1. The van der Waals surface area contributed by atoms with Gasteiger partial charge in [-0.15, -0.1) is 0 Å². The van der Waals surface area contributed by atoms with E-state index in [1.165, 1.54) is 0 Å². The fourth-order valence-electron chi connectivity index (χ4n) is 1.83. The van der Waals surface area contributed by atoms with Crippen molar-refractivity contribution in [1.29, 1.82) is 0 Å². The molecule has 1 aromatic carbocycles. The smallest absolute Gasteiger partial charge is 0.257 e. The van der Waals surface area contributed by atoms with Crippen LogP contribution in [0.2, 0.25) is 0 Å². The van der Waals surface area contributed by atoms with Gasteiger partial charge in [0.05, 0.1) is 13.2 Å². The lowest BCUT2D eigenvalue weighted by Gasteiger charge is -2.03. The quantitative estimate of drug-likeness (QED) is 0.823. The zero-order chi connectivity index (χ0) is 11.7. The van der Waals surface area contributed by atoms with E-state index in [-0.39, 0.29) is 5.91 Å². The van der Waals surface area contributed by atoms with Gasteiger partial charge in [0.25, 0.3) is 5.91 Å². The number of fused-ring (bicyclic) bond motifs is 1. The molecule has 0 radical (unpaired) electrons. The lowest BCUT2D eigenvalue weighted by molar-refractivity contribution is 0.102. The minimum atomic E-state index is -0.172. The highest BCUT2D eigenvalue weighted by Crippen LogP contribution is 2.21. The minimum absolute atomic E-state index is 0.172. The van der Waals surface area contributed by atoms with E-state index in [9.17, 15) is 4.79 Å². The molecular weight excluding hydrogens is 218 g/mol. The standard InChI is InChI=1S/C12H11N3O2/c16-11(15-12-13-3-4-14-12)8-1-2-9-6-17-7-10(9)5-8/h1-5H,6-7H2,(H2,13,14,15,16). The van der Waals surface area contributed by atoms with Crippen LogP contribution in [0.4, 0.5) is 5.95 Å². The normalized spacial score (nSPS) is 13.4. The summed E-state index contributed by atoms with van der Waals surface area (Å²) in [7, 11) is 0. The number of carbonyl (C=O) groups is 1. The van der Waals surface area contributed by atoms with Crippen LogP contribution in [-0.4, -0.2) is 15.9 Å². The van der Waals surface area contributed by atoms with Crippen LogP contribution in [0.3, 0.4) is 0 Å². The SMILES string of the molecule is O=C(Nc1ncc[nH]1)c1ccc2c(c1)COC2. The Labute approximate surface area is 97.8 Å². The molecule has 5 heteroatoms. The lowest BCUT2D eigenvalue weighted by Crippen LogP contribution is -2.13. The summed E-state index contributed by atoms with van der Waals surface area (Å²) in [6.45, 7) is 1.21. The Bertz CT molecular complexity index is 549. The Morgan fingerprint density at radius 1 is 1.35 bits per heavy atom. The molecule has 0 spiro atoms. The van der Waals surface area contributed by atoms with Crippen LogP contribution in [0, 0.1) is 0 Å². The van der Waals surface area contributed by atoms with Crippen molar-refractivity contribution < 1.29 is 9.53 Å². The van der Waals surface area contributed by atoms with Crippen molar-refractivity contribution in [2.24, 2.45) is 0 Å². The number of benzene rings is 1. The molecular formula is C12H11N3O2. The average molecular weight is 229 g/mol. The molecule has 1 amide bonds. The number of anilines is 1. The molecule has 1 aromatic heterocycles. The van der Waals surface area contributed by atoms with Crippen molar-refractivity contribution in [3.05, 3.63) is 47.3 Å². The second-order valence-corrected chi connectivity index (χ2v) is 3.87. The van der Waals surface area contributed by atoms with Crippen molar-refractivity contribution >= 4 is 11.9 Å². The number of aromatic nitrogens is 2. The highest BCUT2D eigenvalue weighted by atomic mass is 16.5. The van der Waals surface area contributed by atoms with Crippen LogP contribution in [0.15, 0.2) is 30.6 Å². The Kier molecular flexibility index (Phi) is 2.38. The van der Waals surface area contributed by atoms with Gasteiger partial charge in [0.15, 0.2) is 0 Å². The van der Waals surface area contributed by atoms with Crippen molar-refractivity contribution in [2.45, 2.75) is 13.2 Å². The maximum absolute atomic E-state index is 11.9. The van der Waals surface area contributed by atoms with Gasteiger partial charge in [0, 0.05) is 18.0 Å². The Balaban J connectivity index is 1.82. The summed E-state index contributed by atoms with van der Waals surface area (Å²) in [6.07, 6.45) is 3.25. The van der Waals surface area contributed by atoms with Crippen molar-refractivity contribution in [3.8, 4) is 0 Å². The molecule has 5 nitrogen and oxygen atoms in total. The fourth-order valence-corrected chi connectivity index (χ4v) is 1.83. The molecule has 2 heterocycles. The predicted octanol–water partition coefficient (Wildman–Crippen LogP) is 1.69. The molecule has 2 aromatic rings. The van der Waals surface area contributed by atoms with Gasteiger partial charge in [0.2, 0.25) is 5.95 Å². The molecule has 0 atom stereocenters. The zero-order valence-electron chi connectivity index (χ0n) is 9.06. The molecule has 1 aliphatic rings. The summed E-state index contributed by atoms with van der Waals surface area (Å²) in [5.41, 5.74) is 2.85. The van der Waals surface area contributed by atoms with Crippen LogP contribution in [0.25, 0.3) is 0 Å². The van der Waals surface area contributed by atoms with E-state index in [1.807, 2.05) is 12.1 Å². The van der Waals surface area contributed by atoms with Gasteiger partial charge in [-0.05, 0) is 23.3 Å². The summed E-state index contributed by atoms with van der Waals surface area (Å²) in [6, 6.07) is 5.59. The number of imidazole rings is 1. The Morgan fingerprint density at radius 2 is 2.24 bits per heavy atom. The van der Waals surface area contributed by atoms with Crippen LogP contribution in [0.1, 0.15) is 21.5 Å². The molecule has 17 heavy (non-hydrogen) atoms. The maximum Gasteiger partial charge on any atom is 0.257 e. The number of nitrogens with zero attached hydrogens (tertiary/aromatic N) is 1. The van der Waals surface area contributed by atoms with E-state index in [0.29, 0.717) is 24.7 Å². The molecule has 1 aliphatic heterocycles. The van der Waals surface area contributed by atoms with E-state index in [0.717, 1.165) is 11.1 Å². The number of hydrogen-bond acceptors (Lipinski definition) is 3.